The zero-order valence-electron chi connectivity index (χ0n) is 10.8. The summed E-state index contributed by atoms with van der Waals surface area (Å²) >= 11 is 5.93. The highest BCUT2D eigenvalue weighted by Gasteiger charge is 2.23. The van der Waals surface area contributed by atoms with E-state index in [-0.39, 0.29) is 5.92 Å². The summed E-state index contributed by atoms with van der Waals surface area (Å²) in [4.78, 5) is 4.28. The number of hydrogen-bond donors (Lipinski definition) is 2. The van der Waals surface area contributed by atoms with Gasteiger partial charge in [-0.25, -0.2) is 0 Å². The van der Waals surface area contributed by atoms with Crippen LogP contribution in [0.5, 0.6) is 0 Å². The van der Waals surface area contributed by atoms with Crippen LogP contribution in [-0.2, 0) is 0 Å². The van der Waals surface area contributed by atoms with Gasteiger partial charge >= 0.3 is 0 Å². The number of benzene rings is 1. The third-order valence-electron chi connectivity index (χ3n) is 3.25. The van der Waals surface area contributed by atoms with Gasteiger partial charge in [0.1, 0.15) is 0 Å². The molecule has 4 heteroatoms. The molecule has 1 aromatic heterocycles. The highest BCUT2D eigenvalue weighted by atomic mass is 35.5. The molecule has 0 radical (unpaired) electrons. The Bertz CT molecular complexity index is 545. The van der Waals surface area contributed by atoms with Gasteiger partial charge in [-0.3, -0.25) is 4.98 Å². The molecule has 3 nitrogen and oxygen atoms in total. The van der Waals surface area contributed by atoms with Gasteiger partial charge in [0.05, 0.1) is 6.10 Å². The van der Waals surface area contributed by atoms with E-state index in [1.165, 1.54) is 0 Å². The lowest BCUT2D eigenvalue weighted by Crippen LogP contribution is -2.21. The Morgan fingerprint density at radius 2 is 2.11 bits per heavy atom. The van der Waals surface area contributed by atoms with Gasteiger partial charge in [-0.15, -0.1) is 0 Å². The summed E-state index contributed by atoms with van der Waals surface area (Å²) in [6.07, 6.45) is 1.02. The first-order chi connectivity index (χ1) is 9.13. The fraction of sp³-hybridized carbons (Fsp3) is 0.267. The van der Waals surface area contributed by atoms with Gasteiger partial charge < -0.3 is 10.8 Å². The molecule has 1 heterocycles. The van der Waals surface area contributed by atoms with Gasteiger partial charge in [-0.1, -0.05) is 23.7 Å². The molecular weight excluding hydrogens is 260 g/mol. The SMILES string of the molecule is Cc1cc(Cl)ccc1C(O)C(CN)c1ccccn1. The topological polar surface area (TPSA) is 59.1 Å². The lowest BCUT2D eigenvalue weighted by atomic mass is 9.90. The third-order valence-corrected chi connectivity index (χ3v) is 3.49. The van der Waals surface area contributed by atoms with E-state index in [0.717, 1.165) is 16.8 Å². The number of hydrogen-bond acceptors (Lipinski definition) is 3. The van der Waals surface area contributed by atoms with Crippen LogP contribution < -0.4 is 5.73 Å². The highest BCUT2D eigenvalue weighted by Crippen LogP contribution is 2.31. The smallest absolute Gasteiger partial charge is 0.0888 e. The number of pyridine rings is 1. The molecule has 2 unspecified atom stereocenters. The summed E-state index contributed by atoms with van der Waals surface area (Å²) in [6.45, 7) is 2.26. The normalized spacial score (nSPS) is 14.1. The lowest BCUT2D eigenvalue weighted by Gasteiger charge is -2.22. The van der Waals surface area contributed by atoms with Crippen molar-refractivity contribution in [2.24, 2.45) is 5.73 Å². The van der Waals surface area contributed by atoms with Gasteiger partial charge in [-0.05, 0) is 42.3 Å². The molecule has 2 rings (SSSR count). The quantitative estimate of drug-likeness (QED) is 0.903. The summed E-state index contributed by atoms with van der Waals surface area (Å²) in [5.74, 6) is -0.221. The second-order valence-corrected chi connectivity index (χ2v) is 4.98. The number of nitrogens with two attached hydrogens (primary N) is 1. The van der Waals surface area contributed by atoms with Crippen molar-refractivity contribution in [1.82, 2.24) is 4.98 Å². The molecule has 0 bridgehead atoms. The molecule has 100 valence electrons. The van der Waals surface area contributed by atoms with E-state index in [9.17, 15) is 5.11 Å². The lowest BCUT2D eigenvalue weighted by molar-refractivity contribution is 0.145. The first-order valence-corrected chi connectivity index (χ1v) is 6.56. The molecule has 0 spiro atoms. The predicted molar refractivity (Wildman–Crippen MR) is 77.2 cm³/mol. The molecule has 3 N–H and O–H groups in total. The van der Waals surface area contributed by atoms with E-state index in [0.29, 0.717) is 11.6 Å². The number of aryl methyl sites for hydroxylation is 1. The summed E-state index contributed by atoms with van der Waals surface area (Å²) in [5.41, 5.74) is 8.39. The van der Waals surface area contributed by atoms with Crippen LogP contribution in [0.1, 0.15) is 28.8 Å². The Hall–Kier alpha value is -1.42. The number of nitrogens with zero attached hydrogens (tertiary/aromatic N) is 1. The molecule has 0 aliphatic carbocycles. The van der Waals surface area contributed by atoms with Gasteiger partial charge in [-0.2, -0.15) is 0 Å². The molecular formula is C15H17ClN2O. The Labute approximate surface area is 118 Å². The molecule has 0 aliphatic rings. The minimum atomic E-state index is -0.683. The molecule has 0 saturated carbocycles. The van der Waals surface area contributed by atoms with Gasteiger partial charge in [0.25, 0.3) is 0 Å². The summed E-state index contributed by atoms with van der Waals surface area (Å²) in [5, 5.41) is 11.2. The second kappa shape index (κ2) is 6.15. The van der Waals surface area contributed by atoms with Crippen molar-refractivity contribution >= 4 is 11.6 Å². The Balaban J connectivity index is 2.33. The summed E-state index contributed by atoms with van der Waals surface area (Å²) in [6, 6.07) is 11.1. The number of aromatic nitrogens is 1. The molecule has 2 aromatic rings. The minimum absolute atomic E-state index is 0.221. The predicted octanol–water partition coefficient (Wildman–Crippen LogP) is 2.82. The van der Waals surface area contributed by atoms with E-state index in [2.05, 4.69) is 4.98 Å². The highest BCUT2D eigenvalue weighted by molar-refractivity contribution is 6.30. The first-order valence-electron chi connectivity index (χ1n) is 6.18. The van der Waals surface area contributed by atoms with Crippen LogP contribution >= 0.6 is 11.6 Å². The number of halogens is 1. The molecule has 0 saturated heterocycles. The summed E-state index contributed by atoms with van der Waals surface area (Å²) in [7, 11) is 0. The van der Waals surface area contributed by atoms with Crippen molar-refractivity contribution in [2.45, 2.75) is 18.9 Å². The van der Waals surface area contributed by atoms with Crippen LogP contribution in [0.15, 0.2) is 42.6 Å². The van der Waals surface area contributed by atoms with Gasteiger partial charge in [0.2, 0.25) is 0 Å². The summed E-state index contributed by atoms with van der Waals surface area (Å²) < 4.78 is 0. The monoisotopic (exact) mass is 276 g/mol. The van der Waals surface area contributed by atoms with E-state index >= 15 is 0 Å². The van der Waals surface area contributed by atoms with Gasteiger partial charge in [0, 0.05) is 29.4 Å². The van der Waals surface area contributed by atoms with Crippen LogP contribution in [0.2, 0.25) is 5.02 Å². The van der Waals surface area contributed by atoms with Crippen molar-refractivity contribution in [2.75, 3.05) is 6.54 Å². The second-order valence-electron chi connectivity index (χ2n) is 4.54. The number of rotatable bonds is 4. The largest absolute Gasteiger partial charge is 0.388 e. The van der Waals surface area contributed by atoms with Crippen molar-refractivity contribution in [3.63, 3.8) is 0 Å². The standard InChI is InChI=1S/C15H17ClN2O/c1-10-8-11(16)5-6-12(10)15(19)13(9-17)14-4-2-3-7-18-14/h2-8,13,15,19H,9,17H2,1H3. The Morgan fingerprint density at radius 1 is 1.32 bits per heavy atom. The van der Waals surface area contributed by atoms with Crippen LogP contribution in [0.25, 0.3) is 0 Å². The number of aliphatic hydroxyl groups excluding tert-OH is 1. The van der Waals surface area contributed by atoms with Crippen molar-refractivity contribution < 1.29 is 5.11 Å². The Morgan fingerprint density at radius 3 is 2.68 bits per heavy atom. The maximum Gasteiger partial charge on any atom is 0.0888 e. The molecule has 1 aromatic carbocycles. The maximum atomic E-state index is 10.5. The molecule has 19 heavy (non-hydrogen) atoms. The minimum Gasteiger partial charge on any atom is -0.388 e. The number of aliphatic hydroxyl groups is 1. The Kier molecular flexibility index (Phi) is 4.53. The van der Waals surface area contributed by atoms with E-state index < -0.39 is 6.10 Å². The maximum absolute atomic E-state index is 10.5. The van der Waals surface area contributed by atoms with Crippen molar-refractivity contribution in [1.29, 1.82) is 0 Å². The molecule has 2 atom stereocenters. The van der Waals surface area contributed by atoms with Crippen LogP contribution in [-0.4, -0.2) is 16.6 Å². The van der Waals surface area contributed by atoms with Crippen molar-refractivity contribution in [3.05, 3.63) is 64.4 Å². The van der Waals surface area contributed by atoms with Crippen molar-refractivity contribution in [3.8, 4) is 0 Å². The van der Waals surface area contributed by atoms with Crippen LogP contribution in [0, 0.1) is 6.92 Å². The average molecular weight is 277 g/mol. The van der Waals surface area contributed by atoms with Gasteiger partial charge in [0.15, 0.2) is 0 Å². The zero-order valence-corrected chi connectivity index (χ0v) is 11.5. The van der Waals surface area contributed by atoms with Crippen LogP contribution in [0.4, 0.5) is 0 Å². The molecule has 0 amide bonds. The average Bonchev–Trinajstić information content (AvgIpc) is 2.40. The molecule has 0 fully saturated rings. The van der Waals surface area contributed by atoms with E-state index in [1.807, 2.05) is 37.3 Å². The third kappa shape index (κ3) is 3.13. The van der Waals surface area contributed by atoms with E-state index in [4.69, 9.17) is 17.3 Å². The van der Waals surface area contributed by atoms with Crippen LogP contribution in [0.3, 0.4) is 0 Å². The molecule has 0 aliphatic heterocycles. The zero-order chi connectivity index (χ0) is 13.8. The fourth-order valence-electron chi connectivity index (χ4n) is 2.19. The fourth-order valence-corrected chi connectivity index (χ4v) is 2.42. The first kappa shape index (κ1) is 14.0. The van der Waals surface area contributed by atoms with E-state index in [1.54, 1.807) is 12.3 Å².